The van der Waals surface area contributed by atoms with Gasteiger partial charge in [0.25, 0.3) is 0 Å². The Labute approximate surface area is 93.1 Å². The summed E-state index contributed by atoms with van der Waals surface area (Å²) in [4.78, 5) is 4.37. The van der Waals surface area contributed by atoms with E-state index in [1.165, 1.54) is 11.1 Å². The average molecular weight is 206 g/mol. The van der Waals surface area contributed by atoms with Gasteiger partial charge < -0.3 is 5.32 Å². The van der Waals surface area contributed by atoms with Gasteiger partial charge in [-0.3, -0.25) is 4.98 Å². The second-order valence-corrected chi connectivity index (χ2v) is 5.18. The van der Waals surface area contributed by atoms with Crippen molar-refractivity contribution in [1.29, 1.82) is 0 Å². The van der Waals surface area contributed by atoms with Crippen LogP contribution in [0.2, 0.25) is 0 Å². The standard InChI is InChI=1S/C13H22N2/c1-10-8-12(11(2)14-9-10)6-7-15-13(3,4)5/h8-9,15H,6-7H2,1-5H3. The van der Waals surface area contributed by atoms with Gasteiger partial charge in [0.1, 0.15) is 0 Å². The molecule has 0 aliphatic carbocycles. The second kappa shape index (κ2) is 4.75. The zero-order valence-corrected chi connectivity index (χ0v) is 10.5. The summed E-state index contributed by atoms with van der Waals surface area (Å²) in [6, 6.07) is 2.23. The van der Waals surface area contributed by atoms with E-state index in [9.17, 15) is 0 Å². The van der Waals surface area contributed by atoms with Gasteiger partial charge in [-0.25, -0.2) is 0 Å². The third-order valence-electron chi connectivity index (χ3n) is 2.38. The topological polar surface area (TPSA) is 24.9 Å². The lowest BCUT2D eigenvalue weighted by Crippen LogP contribution is -2.37. The molecule has 0 unspecified atom stereocenters. The number of hydrogen-bond donors (Lipinski definition) is 1. The van der Waals surface area contributed by atoms with Crippen LogP contribution in [-0.2, 0) is 6.42 Å². The molecule has 0 saturated heterocycles. The zero-order valence-electron chi connectivity index (χ0n) is 10.5. The summed E-state index contributed by atoms with van der Waals surface area (Å²) in [5.41, 5.74) is 3.94. The van der Waals surface area contributed by atoms with Gasteiger partial charge in [0.05, 0.1) is 0 Å². The highest BCUT2D eigenvalue weighted by Gasteiger charge is 2.08. The van der Waals surface area contributed by atoms with Gasteiger partial charge in [0.2, 0.25) is 0 Å². The number of pyridine rings is 1. The fourth-order valence-corrected chi connectivity index (χ4v) is 1.52. The summed E-state index contributed by atoms with van der Waals surface area (Å²) in [5.74, 6) is 0. The van der Waals surface area contributed by atoms with Gasteiger partial charge in [-0.05, 0) is 58.7 Å². The molecule has 1 aromatic rings. The highest BCUT2D eigenvalue weighted by molar-refractivity contribution is 5.23. The fourth-order valence-electron chi connectivity index (χ4n) is 1.52. The summed E-state index contributed by atoms with van der Waals surface area (Å²) >= 11 is 0. The smallest absolute Gasteiger partial charge is 0.0405 e. The molecule has 0 bridgehead atoms. The Bertz CT molecular complexity index is 324. The monoisotopic (exact) mass is 206 g/mol. The van der Waals surface area contributed by atoms with Gasteiger partial charge in [0.15, 0.2) is 0 Å². The van der Waals surface area contributed by atoms with Crippen LogP contribution in [0.1, 0.15) is 37.6 Å². The molecule has 0 aliphatic rings. The Kier molecular flexibility index (Phi) is 3.86. The lowest BCUT2D eigenvalue weighted by Gasteiger charge is -2.20. The molecule has 0 amide bonds. The molecule has 1 N–H and O–H groups in total. The van der Waals surface area contributed by atoms with E-state index < -0.39 is 0 Å². The van der Waals surface area contributed by atoms with E-state index in [1.807, 2.05) is 6.20 Å². The molecule has 1 heterocycles. The third-order valence-corrected chi connectivity index (χ3v) is 2.38. The molecule has 0 aromatic carbocycles. The van der Waals surface area contributed by atoms with Crippen LogP contribution in [0, 0.1) is 13.8 Å². The van der Waals surface area contributed by atoms with E-state index in [1.54, 1.807) is 0 Å². The molecular weight excluding hydrogens is 184 g/mol. The average Bonchev–Trinajstić information content (AvgIpc) is 2.09. The molecule has 0 aliphatic heterocycles. The Morgan fingerprint density at radius 3 is 2.53 bits per heavy atom. The summed E-state index contributed by atoms with van der Waals surface area (Å²) in [5, 5.41) is 3.49. The van der Waals surface area contributed by atoms with Crippen molar-refractivity contribution in [2.24, 2.45) is 0 Å². The van der Waals surface area contributed by atoms with Crippen molar-refractivity contribution >= 4 is 0 Å². The number of nitrogens with zero attached hydrogens (tertiary/aromatic N) is 1. The molecule has 0 fully saturated rings. The molecule has 0 saturated carbocycles. The van der Waals surface area contributed by atoms with Crippen LogP contribution in [0.15, 0.2) is 12.3 Å². The number of hydrogen-bond acceptors (Lipinski definition) is 2. The van der Waals surface area contributed by atoms with Crippen molar-refractivity contribution in [2.45, 2.75) is 46.6 Å². The van der Waals surface area contributed by atoms with Crippen molar-refractivity contribution in [3.63, 3.8) is 0 Å². The summed E-state index contributed by atoms with van der Waals surface area (Å²) in [7, 11) is 0. The zero-order chi connectivity index (χ0) is 11.5. The largest absolute Gasteiger partial charge is 0.312 e. The number of rotatable bonds is 3. The van der Waals surface area contributed by atoms with Crippen LogP contribution in [0.5, 0.6) is 0 Å². The van der Waals surface area contributed by atoms with Crippen molar-refractivity contribution in [3.05, 3.63) is 29.1 Å². The minimum absolute atomic E-state index is 0.200. The molecule has 84 valence electrons. The van der Waals surface area contributed by atoms with Crippen molar-refractivity contribution in [3.8, 4) is 0 Å². The van der Waals surface area contributed by atoms with Crippen LogP contribution in [-0.4, -0.2) is 17.1 Å². The Morgan fingerprint density at radius 1 is 1.27 bits per heavy atom. The van der Waals surface area contributed by atoms with E-state index in [0.29, 0.717) is 0 Å². The predicted octanol–water partition coefficient (Wildman–Crippen LogP) is 2.63. The van der Waals surface area contributed by atoms with Gasteiger partial charge in [-0.2, -0.15) is 0 Å². The third kappa shape index (κ3) is 4.43. The van der Waals surface area contributed by atoms with Crippen molar-refractivity contribution in [1.82, 2.24) is 10.3 Å². The Balaban J connectivity index is 2.54. The van der Waals surface area contributed by atoms with E-state index in [0.717, 1.165) is 18.7 Å². The normalized spacial score (nSPS) is 11.8. The lowest BCUT2D eigenvalue weighted by atomic mass is 10.1. The molecule has 0 atom stereocenters. The van der Waals surface area contributed by atoms with E-state index >= 15 is 0 Å². The van der Waals surface area contributed by atoms with Crippen LogP contribution in [0.3, 0.4) is 0 Å². The van der Waals surface area contributed by atoms with Gasteiger partial charge in [0, 0.05) is 17.4 Å². The molecule has 2 nitrogen and oxygen atoms in total. The Hall–Kier alpha value is -0.890. The van der Waals surface area contributed by atoms with E-state index in [4.69, 9.17) is 0 Å². The van der Waals surface area contributed by atoms with E-state index in [-0.39, 0.29) is 5.54 Å². The Morgan fingerprint density at radius 2 is 1.93 bits per heavy atom. The van der Waals surface area contributed by atoms with Crippen molar-refractivity contribution in [2.75, 3.05) is 6.54 Å². The minimum Gasteiger partial charge on any atom is -0.312 e. The second-order valence-electron chi connectivity index (χ2n) is 5.18. The lowest BCUT2D eigenvalue weighted by molar-refractivity contribution is 0.429. The number of aryl methyl sites for hydroxylation is 2. The molecule has 0 radical (unpaired) electrons. The minimum atomic E-state index is 0.200. The first-order chi connectivity index (χ1) is 6.88. The maximum Gasteiger partial charge on any atom is 0.0405 e. The van der Waals surface area contributed by atoms with Crippen LogP contribution < -0.4 is 5.32 Å². The fraction of sp³-hybridized carbons (Fsp3) is 0.615. The highest BCUT2D eigenvalue weighted by Crippen LogP contribution is 2.08. The van der Waals surface area contributed by atoms with Crippen LogP contribution in [0.4, 0.5) is 0 Å². The summed E-state index contributed by atoms with van der Waals surface area (Å²) in [6.07, 6.45) is 2.98. The highest BCUT2D eigenvalue weighted by atomic mass is 14.9. The summed E-state index contributed by atoms with van der Waals surface area (Å²) < 4.78 is 0. The first kappa shape index (κ1) is 12.2. The van der Waals surface area contributed by atoms with E-state index in [2.05, 4.69) is 51.0 Å². The first-order valence-electron chi connectivity index (χ1n) is 5.55. The molecular formula is C13H22N2. The maximum atomic E-state index is 4.37. The number of aromatic nitrogens is 1. The van der Waals surface area contributed by atoms with Crippen LogP contribution in [0.25, 0.3) is 0 Å². The van der Waals surface area contributed by atoms with Gasteiger partial charge >= 0.3 is 0 Å². The van der Waals surface area contributed by atoms with Crippen LogP contribution >= 0.6 is 0 Å². The quantitative estimate of drug-likeness (QED) is 0.822. The van der Waals surface area contributed by atoms with Crippen molar-refractivity contribution < 1.29 is 0 Å². The molecule has 0 spiro atoms. The summed E-state index contributed by atoms with van der Waals surface area (Å²) in [6.45, 7) is 11.7. The number of nitrogens with one attached hydrogen (secondary N) is 1. The van der Waals surface area contributed by atoms with Gasteiger partial charge in [-0.15, -0.1) is 0 Å². The predicted molar refractivity (Wildman–Crippen MR) is 65.2 cm³/mol. The molecule has 1 rings (SSSR count). The maximum absolute atomic E-state index is 4.37. The molecule has 1 aromatic heterocycles. The SMILES string of the molecule is Cc1cnc(C)c(CCNC(C)(C)C)c1. The van der Waals surface area contributed by atoms with Gasteiger partial charge in [-0.1, -0.05) is 6.07 Å². The molecule has 2 heteroatoms. The molecule has 15 heavy (non-hydrogen) atoms. The first-order valence-corrected chi connectivity index (χ1v) is 5.55.